The summed E-state index contributed by atoms with van der Waals surface area (Å²) in [5.74, 6) is 1.63. The molecule has 1 aromatic heterocycles. The Morgan fingerprint density at radius 2 is 2.20 bits per heavy atom. The number of aliphatic hydroxyl groups is 1. The van der Waals surface area contributed by atoms with Gasteiger partial charge in [-0.15, -0.1) is 11.3 Å². The molecule has 0 aromatic carbocycles. The largest absolute Gasteiger partial charge is 0.389 e. The Labute approximate surface area is 154 Å². The van der Waals surface area contributed by atoms with Crippen molar-refractivity contribution in [2.45, 2.75) is 25.9 Å². The normalized spacial score (nSPS) is 20.0. The summed E-state index contributed by atoms with van der Waals surface area (Å²) in [7, 11) is 0. The summed E-state index contributed by atoms with van der Waals surface area (Å²) in [6.07, 6.45) is 2.02. The molecule has 1 saturated carbocycles. The van der Waals surface area contributed by atoms with Gasteiger partial charge in [0, 0.05) is 39.3 Å². The highest BCUT2D eigenvalue weighted by molar-refractivity contribution is 7.14. The van der Waals surface area contributed by atoms with Crippen LogP contribution in [0.2, 0.25) is 0 Å². The van der Waals surface area contributed by atoms with Crippen LogP contribution in [-0.2, 0) is 4.74 Å². The number of hydrogen-bond acceptors (Lipinski definition) is 5. The van der Waals surface area contributed by atoms with Gasteiger partial charge in [0.1, 0.15) is 0 Å². The predicted molar refractivity (Wildman–Crippen MR) is 104 cm³/mol. The number of hydrogen-bond donors (Lipinski definition) is 2. The number of piperazine rings is 1. The Bertz CT molecular complexity index is 525. The van der Waals surface area contributed by atoms with Crippen LogP contribution in [0.4, 0.5) is 5.00 Å². The number of aliphatic hydroxyl groups excluding tert-OH is 1. The zero-order valence-electron chi connectivity index (χ0n) is 15.1. The average molecular weight is 367 g/mol. The van der Waals surface area contributed by atoms with Crippen LogP contribution in [0.25, 0.3) is 0 Å². The lowest BCUT2D eigenvalue weighted by atomic mass is 10.3. The second-order valence-electron chi connectivity index (χ2n) is 6.75. The lowest BCUT2D eigenvalue weighted by Gasteiger charge is -2.37. The van der Waals surface area contributed by atoms with Gasteiger partial charge in [-0.25, -0.2) is 0 Å². The Balaban J connectivity index is 1.44. The number of anilines is 1. The molecule has 2 aliphatic rings. The predicted octanol–water partition coefficient (Wildman–Crippen LogP) is 1.62. The van der Waals surface area contributed by atoms with Gasteiger partial charge >= 0.3 is 0 Å². The van der Waals surface area contributed by atoms with E-state index in [2.05, 4.69) is 44.5 Å². The fourth-order valence-electron chi connectivity index (χ4n) is 2.91. The third kappa shape index (κ3) is 5.87. The standard InChI is InChI=1S/C18H30N4O2S/c1-2-19-18(20-12-16(23)14-24-13-15-5-6-15)22-9-7-21(8-10-22)17-4-3-11-25-17/h3-4,11,15-16,23H,2,5-10,12-14H2,1H3,(H,19,20). The van der Waals surface area contributed by atoms with Crippen LogP contribution < -0.4 is 10.2 Å². The number of ether oxygens (including phenoxy) is 1. The van der Waals surface area contributed by atoms with Crippen molar-refractivity contribution >= 4 is 22.3 Å². The van der Waals surface area contributed by atoms with Crippen molar-refractivity contribution in [3.05, 3.63) is 17.5 Å². The van der Waals surface area contributed by atoms with Gasteiger partial charge in [0.15, 0.2) is 5.96 Å². The van der Waals surface area contributed by atoms with Gasteiger partial charge in [0.2, 0.25) is 0 Å². The smallest absolute Gasteiger partial charge is 0.194 e. The molecule has 6 nitrogen and oxygen atoms in total. The van der Waals surface area contributed by atoms with E-state index in [1.54, 1.807) is 11.3 Å². The molecule has 140 valence electrons. The van der Waals surface area contributed by atoms with Gasteiger partial charge in [-0.3, -0.25) is 4.99 Å². The van der Waals surface area contributed by atoms with E-state index in [4.69, 9.17) is 4.74 Å². The number of nitrogens with one attached hydrogen (secondary N) is 1. The molecule has 7 heteroatoms. The monoisotopic (exact) mass is 366 g/mol. The van der Waals surface area contributed by atoms with Gasteiger partial charge < -0.3 is 25.0 Å². The van der Waals surface area contributed by atoms with Crippen molar-refractivity contribution in [3.63, 3.8) is 0 Å². The maximum atomic E-state index is 10.1. The van der Waals surface area contributed by atoms with E-state index >= 15 is 0 Å². The van der Waals surface area contributed by atoms with Crippen molar-refractivity contribution in [1.82, 2.24) is 10.2 Å². The minimum atomic E-state index is -0.528. The third-order valence-corrected chi connectivity index (χ3v) is 5.47. The molecule has 0 radical (unpaired) electrons. The van der Waals surface area contributed by atoms with Crippen LogP contribution in [0.15, 0.2) is 22.5 Å². The maximum Gasteiger partial charge on any atom is 0.194 e. The lowest BCUT2D eigenvalue weighted by Crippen LogP contribution is -2.52. The molecule has 0 spiro atoms. The molecule has 25 heavy (non-hydrogen) atoms. The Kier molecular flexibility index (Phi) is 6.95. The topological polar surface area (TPSA) is 60.3 Å². The van der Waals surface area contributed by atoms with Gasteiger partial charge in [-0.05, 0) is 43.2 Å². The van der Waals surface area contributed by atoms with Crippen molar-refractivity contribution in [2.24, 2.45) is 10.9 Å². The summed E-state index contributed by atoms with van der Waals surface area (Å²) >= 11 is 1.79. The molecular weight excluding hydrogens is 336 g/mol. The molecule has 0 amide bonds. The molecule has 1 aromatic rings. The summed E-state index contributed by atoms with van der Waals surface area (Å²) in [6, 6.07) is 4.28. The Hall–Kier alpha value is -1.31. The second-order valence-corrected chi connectivity index (χ2v) is 7.68. The van der Waals surface area contributed by atoms with E-state index in [0.29, 0.717) is 13.2 Å². The first-order valence-electron chi connectivity index (χ1n) is 9.33. The molecule has 1 aliphatic heterocycles. The minimum Gasteiger partial charge on any atom is -0.389 e. The zero-order chi connectivity index (χ0) is 17.5. The first kappa shape index (κ1) is 18.5. The van der Waals surface area contributed by atoms with Gasteiger partial charge in [0.05, 0.1) is 24.3 Å². The van der Waals surface area contributed by atoms with E-state index in [0.717, 1.165) is 51.2 Å². The first-order valence-corrected chi connectivity index (χ1v) is 10.2. The molecule has 3 rings (SSSR count). The molecule has 1 aliphatic carbocycles. The number of rotatable bonds is 8. The Morgan fingerprint density at radius 3 is 2.84 bits per heavy atom. The van der Waals surface area contributed by atoms with Gasteiger partial charge in [-0.2, -0.15) is 0 Å². The summed E-state index contributed by atoms with van der Waals surface area (Å²) < 4.78 is 5.55. The molecule has 2 heterocycles. The molecule has 1 atom stereocenters. The van der Waals surface area contributed by atoms with Crippen LogP contribution >= 0.6 is 11.3 Å². The first-order chi connectivity index (χ1) is 12.3. The highest BCUT2D eigenvalue weighted by Crippen LogP contribution is 2.28. The van der Waals surface area contributed by atoms with Crippen LogP contribution in [0.3, 0.4) is 0 Å². The third-order valence-electron chi connectivity index (χ3n) is 4.54. The molecule has 1 unspecified atom stereocenters. The number of thiophene rings is 1. The number of nitrogens with zero attached hydrogens (tertiary/aromatic N) is 3. The quantitative estimate of drug-likeness (QED) is 0.541. The van der Waals surface area contributed by atoms with Crippen molar-refractivity contribution < 1.29 is 9.84 Å². The molecule has 1 saturated heterocycles. The van der Waals surface area contributed by atoms with E-state index in [1.807, 2.05) is 0 Å². The van der Waals surface area contributed by atoms with Crippen molar-refractivity contribution in [1.29, 1.82) is 0 Å². The minimum absolute atomic E-state index is 0.381. The summed E-state index contributed by atoms with van der Waals surface area (Å²) in [5.41, 5.74) is 0. The molecular formula is C18H30N4O2S. The van der Waals surface area contributed by atoms with Gasteiger partial charge in [0.25, 0.3) is 0 Å². The zero-order valence-corrected chi connectivity index (χ0v) is 15.9. The van der Waals surface area contributed by atoms with Crippen LogP contribution in [0.5, 0.6) is 0 Å². The fraction of sp³-hybridized carbons (Fsp3) is 0.722. The van der Waals surface area contributed by atoms with Crippen LogP contribution in [0.1, 0.15) is 19.8 Å². The lowest BCUT2D eigenvalue weighted by molar-refractivity contribution is 0.0367. The summed E-state index contributed by atoms with van der Waals surface area (Å²) in [6.45, 7) is 8.34. The SMILES string of the molecule is CCNC(=NCC(O)COCC1CC1)N1CCN(c2cccs2)CC1. The number of guanidine groups is 1. The van der Waals surface area contributed by atoms with Crippen LogP contribution in [0, 0.1) is 5.92 Å². The van der Waals surface area contributed by atoms with E-state index in [-0.39, 0.29) is 0 Å². The van der Waals surface area contributed by atoms with E-state index in [9.17, 15) is 5.11 Å². The molecule has 2 N–H and O–H groups in total. The van der Waals surface area contributed by atoms with Crippen molar-refractivity contribution in [3.8, 4) is 0 Å². The van der Waals surface area contributed by atoms with Crippen molar-refractivity contribution in [2.75, 3.05) is 57.4 Å². The summed E-state index contributed by atoms with van der Waals surface area (Å²) in [5, 5.41) is 16.9. The van der Waals surface area contributed by atoms with E-state index < -0.39 is 6.10 Å². The average Bonchev–Trinajstić information content (AvgIpc) is 3.29. The summed E-state index contributed by atoms with van der Waals surface area (Å²) in [4.78, 5) is 9.33. The van der Waals surface area contributed by atoms with Gasteiger partial charge in [-0.1, -0.05) is 0 Å². The Morgan fingerprint density at radius 1 is 1.40 bits per heavy atom. The maximum absolute atomic E-state index is 10.1. The number of aliphatic imine (C=N–C) groups is 1. The fourth-order valence-corrected chi connectivity index (χ4v) is 3.70. The van der Waals surface area contributed by atoms with E-state index in [1.165, 1.54) is 17.8 Å². The second kappa shape index (κ2) is 9.40. The highest BCUT2D eigenvalue weighted by atomic mass is 32.1. The highest BCUT2D eigenvalue weighted by Gasteiger charge is 2.22. The molecule has 2 fully saturated rings. The van der Waals surface area contributed by atoms with Crippen LogP contribution in [-0.4, -0.2) is 74.6 Å². The molecule has 0 bridgehead atoms.